The van der Waals surface area contributed by atoms with Gasteiger partial charge in [-0.15, -0.1) is 0 Å². The lowest BCUT2D eigenvalue weighted by Crippen LogP contribution is -2.30. The fourth-order valence-corrected chi connectivity index (χ4v) is 2.99. The SMILES string of the molecule is Cc1ccc(Cl)cc1NCCC(=O)N1CCc2ccccc21. The van der Waals surface area contributed by atoms with Gasteiger partial charge in [0.1, 0.15) is 0 Å². The first kappa shape index (κ1) is 14.9. The molecule has 0 bridgehead atoms. The summed E-state index contributed by atoms with van der Waals surface area (Å²) in [6, 6.07) is 13.9. The van der Waals surface area contributed by atoms with E-state index in [9.17, 15) is 4.79 Å². The molecule has 114 valence electrons. The lowest BCUT2D eigenvalue weighted by atomic mass is 10.2. The molecule has 0 aliphatic carbocycles. The van der Waals surface area contributed by atoms with E-state index in [-0.39, 0.29) is 5.91 Å². The number of carbonyl (C=O) groups excluding carboxylic acids is 1. The first-order chi connectivity index (χ1) is 10.6. The van der Waals surface area contributed by atoms with E-state index >= 15 is 0 Å². The number of fused-ring (bicyclic) bond motifs is 1. The molecular formula is C18H19ClN2O. The highest BCUT2D eigenvalue weighted by molar-refractivity contribution is 6.30. The summed E-state index contributed by atoms with van der Waals surface area (Å²) in [7, 11) is 0. The van der Waals surface area contributed by atoms with Crippen molar-refractivity contribution in [2.45, 2.75) is 19.8 Å². The molecule has 0 saturated heterocycles. The summed E-state index contributed by atoms with van der Waals surface area (Å²) in [5.41, 5.74) is 4.44. The van der Waals surface area contributed by atoms with Crippen LogP contribution < -0.4 is 10.2 Å². The van der Waals surface area contributed by atoms with Gasteiger partial charge < -0.3 is 10.2 Å². The minimum atomic E-state index is 0.164. The zero-order chi connectivity index (χ0) is 15.5. The number of benzene rings is 2. The van der Waals surface area contributed by atoms with Crippen LogP contribution >= 0.6 is 11.6 Å². The normalized spacial score (nSPS) is 13.1. The number of aryl methyl sites for hydroxylation is 1. The molecule has 2 aromatic rings. The number of hydrogen-bond acceptors (Lipinski definition) is 2. The minimum absolute atomic E-state index is 0.164. The number of rotatable bonds is 4. The summed E-state index contributed by atoms with van der Waals surface area (Å²) in [6.45, 7) is 3.42. The van der Waals surface area contributed by atoms with Gasteiger partial charge in [0.15, 0.2) is 0 Å². The van der Waals surface area contributed by atoms with Gasteiger partial charge in [-0.05, 0) is 42.7 Å². The van der Waals surface area contributed by atoms with Crippen molar-refractivity contribution in [1.29, 1.82) is 0 Å². The van der Waals surface area contributed by atoms with Crippen molar-refractivity contribution in [3.8, 4) is 0 Å². The lowest BCUT2D eigenvalue weighted by Gasteiger charge is -2.18. The van der Waals surface area contributed by atoms with Gasteiger partial charge in [-0.3, -0.25) is 4.79 Å². The van der Waals surface area contributed by atoms with Crippen molar-refractivity contribution in [3.63, 3.8) is 0 Å². The standard InChI is InChI=1S/C18H19ClN2O/c1-13-6-7-15(19)12-16(13)20-10-8-18(22)21-11-9-14-4-2-3-5-17(14)21/h2-7,12,20H,8-11H2,1H3. The van der Waals surface area contributed by atoms with Crippen LogP contribution in [0.2, 0.25) is 5.02 Å². The number of para-hydroxylation sites is 1. The zero-order valence-corrected chi connectivity index (χ0v) is 13.4. The van der Waals surface area contributed by atoms with E-state index in [1.54, 1.807) is 0 Å². The van der Waals surface area contributed by atoms with E-state index in [1.807, 2.05) is 48.2 Å². The quantitative estimate of drug-likeness (QED) is 0.923. The first-order valence-electron chi connectivity index (χ1n) is 7.53. The van der Waals surface area contributed by atoms with Crippen LogP contribution in [-0.4, -0.2) is 19.0 Å². The van der Waals surface area contributed by atoms with Crippen LogP contribution in [0.5, 0.6) is 0 Å². The molecule has 3 rings (SSSR count). The molecule has 0 fully saturated rings. The average Bonchev–Trinajstić information content (AvgIpc) is 2.94. The van der Waals surface area contributed by atoms with Crippen LogP contribution in [0.1, 0.15) is 17.5 Å². The van der Waals surface area contributed by atoms with Crippen molar-refractivity contribution >= 4 is 28.9 Å². The number of anilines is 2. The molecule has 0 atom stereocenters. The molecule has 1 amide bonds. The van der Waals surface area contributed by atoms with Gasteiger partial charge in [-0.2, -0.15) is 0 Å². The fourth-order valence-electron chi connectivity index (χ4n) is 2.82. The number of amides is 1. The number of halogens is 1. The summed E-state index contributed by atoms with van der Waals surface area (Å²) in [5.74, 6) is 0.164. The smallest absolute Gasteiger partial charge is 0.228 e. The summed E-state index contributed by atoms with van der Waals surface area (Å²) in [6.07, 6.45) is 1.42. The van der Waals surface area contributed by atoms with Gasteiger partial charge >= 0.3 is 0 Å². The van der Waals surface area contributed by atoms with Gasteiger partial charge in [0.2, 0.25) is 5.91 Å². The Labute approximate surface area is 135 Å². The molecule has 0 radical (unpaired) electrons. The zero-order valence-electron chi connectivity index (χ0n) is 12.6. The van der Waals surface area contributed by atoms with Crippen LogP contribution in [0.3, 0.4) is 0 Å². The highest BCUT2D eigenvalue weighted by Crippen LogP contribution is 2.28. The minimum Gasteiger partial charge on any atom is -0.384 e. The third-order valence-corrected chi connectivity index (χ3v) is 4.28. The molecule has 0 saturated carbocycles. The molecule has 1 N–H and O–H groups in total. The monoisotopic (exact) mass is 314 g/mol. The second-order valence-electron chi connectivity index (χ2n) is 5.56. The van der Waals surface area contributed by atoms with Crippen LogP contribution in [0.25, 0.3) is 0 Å². The van der Waals surface area contributed by atoms with Gasteiger partial charge in [0.25, 0.3) is 0 Å². The van der Waals surface area contributed by atoms with Crippen molar-refractivity contribution in [2.24, 2.45) is 0 Å². The van der Waals surface area contributed by atoms with Gasteiger partial charge in [-0.1, -0.05) is 35.9 Å². The second kappa shape index (κ2) is 6.41. The second-order valence-corrected chi connectivity index (χ2v) is 6.00. The van der Waals surface area contributed by atoms with E-state index in [0.717, 1.165) is 29.9 Å². The Morgan fingerprint density at radius 3 is 2.95 bits per heavy atom. The third-order valence-electron chi connectivity index (χ3n) is 4.04. The Morgan fingerprint density at radius 2 is 2.09 bits per heavy atom. The molecule has 1 aliphatic heterocycles. The Morgan fingerprint density at radius 1 is 1.27 bits per heavy atom. The van der Waals surface area contributed by atoms with E-state index in [0.29, 0.717) is 18.0 Å². The Kier molecular flexibility index (Phi) is 4.34. The van der Waals surface area contributed by atoms with Crippen LogP contribution in [0.4, 0.5) is 11.4 Å². The average molecular weight is 315 g/mol. The number of nitrogens with zero attached hydrogens (tertiary/aromatic N) is 1. The molecule has 3 nitrogen and oxygen atoms in total. The number of hydrogen-bond donors (Lipinski definition) is 1. The topological polar surface area (TPSA) is 32.3 Å². The maximum absolute atomic E-state index is 12.4. The third kappa shape index (κ3) is 3.09. The van der Waals surface area contributed by atoms with Gasteiger partial charge in [0, 0.05) is 35.9 Å². The van der Waals surface area contributed by atoms with Crippen LogP contribution in [0, 0.1) is 6.92 Å². The Hall–Kier alpha value is -2.00. The summed E-state index contributed by atoms with van der Waals surface area (Å²) < 4.78 is 0. The molecule has 2 aromatic carbocycles. The van der Waals surface area contributed by atoms with Gasteiger partial charge in [-0.25, -0.2) is 0 Å². The van der Waals surface area contributed by atoms with Crippen molar-refractivity contribution in [1.82, 2.24) is 0 Å². The van der Waals surface area contributed by atoms with Crippen molar-refractivity contribution < 1.29 is 4.79 Å². The highest BCUT2D eigenvalue weighted by Gasteiger charge is 2.23. The van der Waals surface area contributed by atoms with Crippen LogP contribution in [-0.2, 0) is 11.2 Å². The molecule has 4 heteroatoms. The van der Waals surface area contributed by atoms with E-state index < -0.39 is 0 Å². The summed E-state index contributed by atoms with van der Waals surface area (Å²) in [5, 5.41) is 4.00. The van der Waals surface area contributed by atoms with Crippen molar-refractivity contribution in [2.75, 3.05) is 23.3 Å². The molecule has 0 spiro atoms. The predicted molar refractivity (Wildman–Crippen MR) is 91.8 cm³/mol. The summed E-state index contributed by atoms with van der Waals surface area (Å²) >= 11 is 6.00. The number of carbonyl (C=O) groups is 1. The molecular weight excluding hydrogens is 296 g/mol. The fraction of sp³-hybridized carbons (Fsp3) is 0.278. The maximum Gasteiger partial charge on any atom is 0.228 e. The Balaban J connectivity index is 1.58. The lowest BCUT2D eigenvalue weighted by molar-refractivity contribution is -0.118. The molecule has 0 aromatic heterocycles. The summed E-state index contributed by atoms with van der Waals surface area (Å²) in [4.78, 5) is 14.3. The van der Waals surface area contributed by atoms with Crippen LogP contribution in [0.15, 0.2) is 42.5 Å². The molecule has 22 heavy (non-hydrogen) atoms. The first-order valence-corrected chi connectivity index (χ1v) is 7.91. The molecule has 1 aliphatic rings. The van der Waals surface area contributed by atoms with E-state index in [2.05, 4.69) is 11.4 Å². The Bertz CT molecular complexity index is 699. The highest BCUT2D eigenvalue weighted by atomic mass is 35.5. The molecule has 0 unspecified atom stereocenters. The number of nitrogens with one attached hydrogen (secondary N) is 1. The van der Waals surface area contributed by atoms with E-state index in [1.165, 1.54) is 5.56 Å². The van der Waals surface area contributed by atoms with E-state index in [4.69, 9.17) is 11.6 Å². The largest absolute Gasteiger partial charge is 0.384 e. The maximum atomic E-state index is 12.4. The van der Waals surface area contributed by atoms with Crippen molar-refractivity contribution in [3.05, 3.63) is 58.6 Å². The molecule has 1 heterocycles. The predicted octanol–water partition coefficient (Wildman–Crippen LogP) is 4.04. The van der Waals surface area contributed by atoms with Gasteiger partial charge in [0.05, 0.1) is 0 Å².